The molecule has 0 saturated carbocycles. The van der Waals surface area contributed by atoms with Gasteiger partial charge in [-0.25, -0.2) is 14.4 Å². The fraction of sp³-hybridized carbons (Fsp3) is 0.600. The van der Waals surface area contributed by atoms with E-state index in [9.17, 15) is 28.8 Å². The molecule has 27 heavy (non-hydrogen) atoms. The number of hydrogen-bond acceptors (Lipinski definition) is 6. The van der Waals surface area contributed by atoms with Gasteiger partial charge in [0.05, 0.1) is 0 Å². The number of carbonyl (C=O) groups is 6. The van der Waals surface area contributed by atoms with Gasteiger partial charge in [-0.15, -0.1) is 0 Å². The van der Waals surface area contributed by atoms with Crippen molar-refractivity contribution in [2.24, 2.45) is 0 Å². The molecule has 3 heterocycles. The molecule has 0 bridgehead atoms. The molecule has 3 atom stereocenters. The number of nitrogens with one attached hydrogen (secondary N) is 3. The Morgan fingerprint density at radius 2 is 0.815 bits per heavy atom. The van der Waals surface area contributed by atoms with E-state index in [1.165, 1.54) is 0 Å². The number of amides is 3. The molecule has 3 fully saturated rings. The fourth-order valence-corrected chi connectivity index (χ4v) is 2.40. The molecule has 0 aromatic heterocycles. The molecule has 0 spiro atoms. The van der Waals surface area contributed by atoms with Gasteiger partial charge in [0.2, 0.25) is 17.7 Å². The highest BCUT2D eigenvalue weighted by molar-refractivity contribution is 5.88. The molecular formula is C15H21N3O9. The third-order valence-corrected chi connectivity index (χ3v) is 3.88. The van der Waals surface area contributed by atoms with Crippen LogP contribution in [0.5, 0.6) is 0 Å². The third-order valence-electron chi connectivity index (χ3n) is 3.88. The summed E-state index contributed by atoms with van der Waals surface area (Å²) in [5.74, 6) is -3.32. The lowest BCUT2D eigenvalue weighted by atomic mass is 10.2. The zero-order chi connectivity index (χ0) is 20.6. The van der Waals surface area contributed by atoms with Crippen molar-refractivity contribution in [2.45, 2.75) is 56.7 Å². The molecule has 0 aromatic rings. The van der Waals surface area contributed by atoms with E-state index in [1.54, 1.807) is 0 Å². The van der Waals surface area contributed by atoms with Gasteiger partial charge in [0, 0.05) is 19.3 Å². The fourth-order valence-electron chi connectivity index (χ4n) is 2.40. The van der Waals surface area contributed by atoms with Gasteiger partial charge in [0.25, 0.3) is 0 Å². The number of carboxylic acids is 3. The highest BCUT2D eigenvalue weighted by Gasteiger charge is 2.27. The molecule has 3 amide bonds. The van der Waals surface area contributed by atoms with Gasteiger partial charge in [-0.2, -0.15) is 0 Å². The lowest BCUT2D eigenvalue weighted by molar-refractivity contribution is -0.140. The average molecular weight is 387 g/mol. The molecule has 12 nitrogen and oxygen atoms in total. The predicted molar refractivity (Wildman–Crippen MR) is 86.4 cm³/mol. The van der Waals surface area contributed by atoms with E-state index in [0.29, 0.717) is 38.5 Å². The van der Waals surface area contributed by atoms with E-state index in [2.05, 4.69) is 16.0 Å². The van der Waals surface area contributed by atoms with Crippen molar-refractivity contribution >= 4 is 35.6 Å². The largest absolute Gasteiger partial charge is 0.480 e. The average Bonchev–Trinajstić information content (AvgIpc) is 3.30. The lowest BCUT2D eigenvalue weighted by Crippen LogP contribution is -2.32. The summed E-state index contributed by atoms with van der Waals surface area (Å²) in [6.45, 7) is 0. The first-order valence-corrected chi connectivity index (χ1v) is 8.16. The van der Waals surface area contributed by atoms with Gasteiger partial charge in [-0.3, -0.25) is 14.4 Å². The van der Waals surface area contributed by atoms with Crippen LogP contribution < -0.4 is 16.0 Å². The zero-order valence-electron chi connectivity index (χ0n) is 14.3. The van der Waals surface area contributed by atoms with Gasteiger partial charge in [-0.05, 0) is 19.3 Å². The second kappa shape index (κ2) is 10.1. The minimum atomic E-state index is -0.944. The summed E-state index contributed by atoms with van der Waals surface area (Å²) in [6, 6.07) is -1.92. The molecule has 150 valence electrons. The third kappa shape index (κ3) is 7.71. The SMILES string of the molecule is O=C1CC[C@@H](C(=O)O)N1.O=C1CC[C@@H](C(=O)O)N1.O=C1CC[C@@H](C(=O)O)N1. The summed E-state index contributed by atoms with van der Waals surface area (Å²) in [4.78, 5) is 61.5. The van der Waals surface area contributed by atoms with Gasteiger partial charge >= 0.3 is 17.9 Å². The Balaban J connectivity index is 0.000000202. The number of carbonyl (C=O) groups excluding carboxylic acids is 3. The van der Waals surface area contributed by atoms with E-state index < -0.39 is 36.0 Å². The second-order valence-electron chi connectivity index (χ2n) is 5.99. The summed E-state index contributed by atoms with van der Waals surface area (Å²) < 4.78 is 0. The molecule has 0 radical (unpaired) electrons. The highest BCUT2D eigenvalue weighted by atomic mass is 16.4. The molecule has 0 unspecified atom stereocenters. The second-order valence-corrected chi connectivity index (χ2v) is 5.99. The molecule has 0 aromatic carbocycles. The van der Waals surface area contributed by atoms with E-state index in [1.807, 2.05) is 0 Å². The van der Waals surface area contributed by atoms with Crippen LogP contribution >= 0.6 is 0 Å². The summed E-state index contributed by atoms with van der Waals surface area (Å²) in [6.07, 6.45) is 2.31. The molecule has 3 aliphatic rings. The maximum Gasteiger partial charge on any atom is 0.326 e. The predicted octanol–water partition coefficient (Wildman–Crippen LogP) is -1.95. The molecule has 3 aliphatic heterocycles. The van der Waals surface area contributed by atoms with Crippen molar-refractivity contribution < 1.29 is 44.1 Å². The Morgan fingerprint density at radius 1 is 0.593 bits per heavy atom. The number of rotatable bonds is 3. The van der Waals surface area contributed by atoms with Gasteiger partial charge in [-0.1, -0.05) is 0 Å². The van der Waals surface area contributed by atoms with Crippen molar-refractivity contribution in [2.75, 3.05) is 0 Å². The Hall–Kier alpha value is -3.18. The first-order chi connectivity index (χ1) is 12.6. The number of hydrogen-bond donors (Lipinski definition) is 6. The van der Waals surface area contributed by atoms with Crippen LogP contribution in [0.4, 0.5) is 0 Å². The first-order valence-electron chi connectivity index (χ1n) is 8.16. The van der Waals surface area contributed by atoms with Crippen LogP contribution in [0.15, 0.2) is 0 Å². The van der Waals surface area contributed by atoms with Crippen molar-refractivity contribution in [3.8, 4) is 0 Å². The Kier molecular flexibility index (Phi) is 8.17. The lowest BCUT2D eigenvalue weighted by Gasteiger charge is -1.99. The van der Waals surface area contributed by atoms with E-state index in [0.717, 1.165) is 0 Å². The van der Waals surface area contributed by atoms with Gasteiger partial charge in [0.1, 0.15) is 18.1 Å². The summed E-state index contributed by atoms with van der Waals surface area (Å²) in [7, 11) is 0. The first kappa shape index (κ1) is 21.9. The topological polar surface area (TPSA) is 199 Å². The zero-order valence-corrected chi connectivity index (χ0v) is 14.3. The number of aliphatic carboxylic acids is 3. The smallest absolute Gasteiger partial charge is 0.326 e. The van der Waals surface area contributed by atoms with Gasteiger partial charge < -0.3 is 31.3 Å². The highest BCUT2D eigenvalue weighted by Crippen LogP contribution is 2.06. The van der Waals surface area contributed by atoms with Crippen LogP contribution in [0.1, 0.15) is 38.5 Å². The molecule has 3 saturated heterocycles. The van der Waals surface area contributed by atoms with Crippen molar-refractivity contribution in [1.29, 1.82) is 0 Å². The molecule has 12 heteroatoms. The summed E-state index contributed by atoms with van der Waals surface area (Å²) >= 11 is 0. The normalized spacial score (nSPS) is 25.8. The molecule has 6 N–H and O–H groups in total. The van der Waals surface area contributed by atoms with Crippen LogP contribution in [0.3, 0.4) is 0 Å². The van der Waals surface area contributed by atoms with Crippen LogP contribution in [0, 0.1) is 0 Å². The van der Waals surface area contributed by atoms with Crippen molar-refractivity contribution in [3.05, 3.63) is 0 Å². The van der Waals surface area contributed by atoms with Crippen LogP contribution in [0.25, 0.3) is 0 Å². The Bertz CT molecular complexity index is 548. The standard InChI is InChI=1S/3C5H7NO3/c3*7-4-2-1-3(6-4)5(8)9/h3*3H,1-2H2,(H,6,7)(H,8,9)/t3*3-/m000/s1. The summed E-state index contributed by atoms with van der Waals surface area (Å²) in [5.41, 5.74) is 0. The maximum absolute atomic E-state index is 10.4. The minimum absolute atomic E-state index is 0.164. The minimum Gasteiger partial charge on any atom is -0.480 e. The van der Waals surface area contributed by atoms with Crippen molar-refractivity contribution in [3.63, 3.8) is 0 Å². The maximum atomic E-state index is 10.4. The molecule has 3 rings (SSSR count). The monoisotopic (exact) mass is 387 g/mol. The summed E-state index contributed by atoms with van der Waals surface area (Å²) in [5, 5.41) is 31.9. The van der Waals surface area contributed by atoms with Crippen molar-refractivity contribution in [1.82, 2.24) is 16.0 Å². The van der Waals surface area contributed by atoms with Gasteiger partial charge in [0.15, 0.2) is 0 Å². The van der Waals surface area contributed by atoms with Crippen LogP contribution in [0.2, 0.25) is 0 Å². The van der Waals surface area contributed by atoms with E-state index in [4.69, 9.17) is 15.3 Å². The Morgan fingerprint density at radius 3 is 0.889 bits per heavy atom. The quantitative estimate of drug-likeness (QED) is 0.318. The molecule has 0 aliphatic carbocycles. The van der Waals surface area contributed by atoms with Crippen LogP contribution in [-0.4, -0.2) is 69.1 Å². The van der Waals surface area contributed by atoms with Crippen LogP contribution in [-0.2, 0) is 28.8 Å². The van der Waals surface area contributed by atoms with E-state index >= 15 is 0 Å². The van der Waals surface area contributed by atoms with E-state index in [-0.39, 0.29) is 17.7 Å². The number of carboxylic acid groups (broad SMARTS) is 3. The molecular weight excluding hydrogens is 366 g/mol. The Labute approximate surface area is 153 Å².